The molecule has 5 rings (SSSR count). The number of aromatic amines is 2. The molecular weight excluding hydrogens is 504 g/mol. The van der Waals surface area contributed by atoms with Crippen LogP contribution in [0.2, 0.25) is 5.02 Å². The monoisotopic (exact) mass is 532 g/mol. The molecule has 0 saturated carbocycles. The van der Waals surface area contributed by atoms with E-state index in [4.69, 9.17) is 16.8 Å². The third-order valence-electron chi connectivity index (χ3n) is 7.13. The van der Waals surface area contributed by atoms with Crippen molar-refractivity contribution in [2.45, 2.75) is 31.8 Å². The fraction of sp³-hybridized carbons (Fsp3) is 0.250. The summed E-state index contributed by atoms with van der Waals surface area (Å²) < 4.78 is 0. The molecule has 0 saturated heterocycles. The summed E-state index contributed by atoms with van der Waals surface area (Å²) in [5, 5.41) is 20.2. The number of amides is 2. The normalized spacial score (nSPS) is 14.9. The van der Waals surface area contributed by atoms with Gasteiger partial charge in [0, 0.05) is 59.9 Å². The number of hydrogen-bond acceptors (Lipinski definition) is 5. The third kappa shape index (κ3) is 5.35. The summed E-state index contributed by atoms with van der Waals surface area (Å²) in [4.78, 5) is 29.5. The van der Waals surface area contributed by atoms with E-state index >= 15 is 0 Å². The number of fused-ring (bicyclic) bond motifs is 2. The quantitative estimate of drug-likeness (QED) is 0.126. The Hall–Kier alpha value is -3.92. The van der Waals surface area contributed by atoms with Crippen LogP contribution in [0.3, 0.4) is 0 Å². The average molecular weight is 533 g/mol. The van der Waals surface area contributed by atoms with E-state index in [-0.39, 0.29) is 11.9 Å². The molecule has 0 aliphatic heterocycles. The van der Waals surface area contributed by atoms with Gasteiger partial charge in [-0.05, 0) is 59.7 Å². The number of rotatable bonds is 9. The summed E-state index contributed by atoms with van der Waals surface area (Å²) in [7, 11) is 1.61. The molecule has 0 fully saturated rings. The van der Waals surface area contributed by atoms with Crippen molar-refractivity contribution in [2.75, 3.05) is 13.6 Å². The molecule has 2 amide bonds. The van der Waals surface area contributed by atoms with Gasteiger partial charge in [-0.15, -0.1) is 0 Å². The smallest absolute Gasteiger partial charge is 0.269 e. The Morgan fingerprint density at radius 1 is 1.24 bits per heavy atom. The molecule has 2 aromatic heterocycles. The maximum Gasteiger partial charge on any atom is 0.269 e. The van der Waals surface area contributed by atoms with Gasteiger partial charge in [0.05, 0.1) is 6.20 Å². The van der Waals surface area contributed by atoms with Crippen molar-refractivity contribution in [2.24, 2.45) is 0 Å². The van der Waals surface area contributed by atoms with E-state index in [2.05, 4.69) is 37.5 Å². The van der Waals surface area contributed by atoms with Crippen LogP contribution in [-0.2, 0) is 24.2 Å². The summed E-state index contributed by atoms with van der Waals surface area (Å²) >= 11 is 6.17. The Kier molecular flexibility index (Phi) is 7.59. The minimum absolute atomic E-state index is 0.163. The van der Waals surface area contributed by atoms with E-state index in [9.17, 15) is 9.59 Å². The Labute approximate surface area is 224 Å². The van der Waals surface area contributed by atoms with Crippen molar-refractivity contribution in [3.63, 3.8) is 0 Å². The molecule has 4 aromatic rings. The number of halogens is 1. The second kappa shape index (κ2) is 11.2. The highest BCUT2D eigenvalue weighted by Crippen LogP contribution is 2.38. The SMILES string of the molecule is CNC(=O)c1[nH]ncc1CN(CCc1c[nH]c2cc(Cl)ccc12)C1CCc2cc(C=CC(=O)NO)ccc21. The molecule has 2 aromatic carbocycles. The lowest BCUT2D eigenvalue weighted by atomic mass is 10.0. The van der Waals surface area contributed by atoms with Crippen molar-refractivity contribution < 1.29 is 14.8 Å². The van der Waals surface area contributed by atoms with Gasteiger partial charge < -0.3 is 10.3 Å². The van der Waals surface area contributed by atoms with Crippen LogP contribution in [0.4, 0.5) is 0 Å². The molecule has 196 valence electrons. The van der Waals surface area contributed by atoms with Crippen molar-refractivity contribution in [3.8, 4) is 0 Å². The van der Waals surface area contributed by atoms with Crippen molar-refractivity contribution in [1.82, 2.24) is 30.9 Å². The van der Waals surface area contributed by atoms with E-state index in [1.807, 2.05) is 30.5 Å². The largest absolute Gasteiger partial charge is 0.361 e. The highest BCUT2D eigenvalue weighted by Gasteiger charge is 2.29. The zero-order chi connectivity index (χ0) is 26.6. The molecule has 38 heavy (non-hydrogen) atoms. The number of carbonyl (C=O) groups is 2. The second-order valence-corrected chi connectivity index (χ2v) is 9.83. The number of nitrogens with zero attached hydrogens (tertiary/aromatic N) is 2. The molecule has 1 aliphatic carbocycles. The first-order chi connectivity index (χ1) is 18.5. The fourth-order valence-corrected chi connectivity index (χ4v) is 5.43. The van der Waals surface area contributed by atoms with Gasteiger partial charge in [0.25, 0.3) is 11.8 Å². The van der Waals surface area contributed by atoms with Crippen LogP contribution in [-0.4, -0.2) is 50.7 Å². The molecule has 1 aliphatic rings. The van der Waals surface area contributed by atoms with Crippen LogP contribution in [0, 0.1) is 0 Å². The third-order valence-corrected chi connectivity index (χ3v) is 7.37. The molecule has 0 radical (unpaired) electrons. The predicted octanol–water partition coefficient (Wildman–Crippen LogP) is 4.15. The lowest BCUT2D eigenvalue weighted by molar-refractivity contribution is -0.124. The van der Waals surface area contributed by atoms with E-state index < -0.39 is 5.91 Å². The van der Waals surface area contributed by atoms with Gasteiger partial charge in [0.1, 0.15) is 5.69 Å². The second-order valence-electron chi connectivity index (χ2n) is 9.40. The average Bonchev–Trinajstić information content (AvgIpc) is 3.67. The van der Waals surface area contributed by atoms with Gasteiger partial charge in [0.2, 0.25) is 0 Å². The number of nitrogens with one attached hydrogen (secondary N) is 4. The van der Waals surface area contributed by atoms with E-state index in [1.54, 1.807) is 24.8 Å². The van der Waals surface area contributed by atoms with Crippen LogP contribution in [0.25, 0.3) is 17.0 Å². The topological polar surface area (TPSA) is 126 Å². The van der Waals surface area contributed by atoms with Gasteiger partial charge in [-0.3, -0.25) is 24.8 Å². The molecule has 1 atom stereocenters. The maximum absolute atomic E-state index is 12.4. The Morgan fingerprint density at radius 2 is 2.11 bits per heavy atom. The van der Waals surface area contributed by atoms with Gasteiger partial charge in [-0.1, -0.05) is 35.9 Å². The number of hydroxylamine groups is 1. The summed E-state index contributed by atoms with van der Waals surface area (Å²) in [6.45, 7) is 1.34. The summed E-state index contributed by atoms with van der Waals surface area (Å²) in [6, 6.07) is 12.2. The van der Waals surface area contributed by atoms with Crippen LogP contribution < -0.4 is 10.8 Å². The number of H-pyrrole nitrogens is 2. The van der Waals surface area contributed by atoms with Gasteiger partial charge in [0.15, 0.2) is 0 Å². The number of aromatic nitrogens is 3. The predicted molar refractivity (Wildman–Crippen MR) is 146 cm³/mol. The van der Waals surface area contributed by atoms with Crippen LogP contribution >= 0.6 is 11.6 Å². The van der Waals surface area contributed by atoms with E-state index in [0.29, 0.717) is 17.3 Å². The Morgan fingerprint density at radius 3 is 2.92 bits per heavy atom. The summed E-state index contributed by atoms with van der Waals surface area (Å²) in [5.41, 5.74) is 8.51. The lowest BCUT2D eigenvalue weighted by Crippen LogP contribution is -2.30. The molecule has 2 heterocycles. The van der Waals surface area contributed by atoms with Crippen molar-refractivity contribution >= 4 is 40.4 Å². The standard InChI is InChI=1S/C28H29ClN6O3/c1-30-28(37)27-20(15-32-33-27)16-35(11-10-19-14-31-24-13-21(29)5-7-22(19)24)25-8-4-18-12-17(2-6-23(18)25)3-9-26(36)34-38/h2-3,5-7,9,12-15,25,31,38H,4,8,10-11,16H2,1H3,(H,30,37)(H,32,33)(H,34,36). The molecule has 9 nitrogen and oxygen atoms in total. The van der Waals surface area contributed by atoms with E-state index in [0.717, 1.165) is 47.8 Å². The number of carbonyl (C=O) groups excluding carboxylic acids is 2. The number of benzene rings is 2. The Bertz CT molecular complexity index is 1510. The van der Waals surface area contributed by atoms with Gasteiger partial charge >= 0.3 is 0 Å². The Balaban J connectivity index is 1.42. The summed E-state index contributed by atoms with van der Waals surface area (Å²) in [5.74, 6) is -0.762. The minimum atomic E-state index is -0.568. The number of aryl methyl sites for hydroxylation is 1. The zero-order valence-corrected chi connectivity index (χ0v) is 21.7. The first-order valence-electron chi connectivity index (χ1n) is 12.5. The first kappa shape index (κ1) is 25.7. The van der Waals surface area contributed by atoms with Crippen LogP contribution in [0.5, 0.6) is 0 Å². The minimum Gasteiger partial charge on any atom is -0.361 e. The van der Waals surface area contributed by atoms with Crippen LogP contribution in [0.15, 0.2) is 54.9 Å². The van der Waals surface area contributed by atoms with Crippen molar-refractivity contribution in [1.29, 1.82) is 0 Å². The molecule has 0 spiro atoms. The van der Waals surface area contributed by atoms with Gasteiger partial charge in [-0.25, -0.2) is 5.48 Å². The van der Waals surface area contributed by atoms with E-state index in [1.165, 1.54) is 22.8 Å². The van der Waals surface area contributed by atoms with Gasteiger partial charge in [-0.2, -0.15) is 5.10 Å². The molecule has 0 bridgehead atoms. The van der Waals surface area contributed by atoms with Crippen molar-refractivity contribution in [3.05, 3.63) is 93.4 Å². The fourth-order valence-electron chi connectivity index (χ4n) is 5.25. The zero-order valence-electron chi connectivity index (χ0n) is 20.9. The molecule has 1 unspecified atom stereocenters. The maximum atomic E-state index is 12.4. The highest BCUT2D eigenvalue weighted by molar-refractivity contribution is 6.31. The summed E-state index contributed by atoms with van der Waals surface area (Å²) in [6.07, 6.45) is 9.41. The molecular formula is C28H29ClN6O3. The molecule has 10 heteroatoms. The van der Waals surface area contributed by atoms with Crippen LogP contribution in [0.1, 0.15) is 50.8 Å². The highest BCUT2D eigenvalue weighted by atomic mass is 35.5. The molecule has 5 N–H and O–H groups in total. The lowest BCUT2D eigenvalue weighted by Gasteiger charge is -2.30. The number of hydrogen-bond donors (Lipinski definition) is 5. The first-order valence-corrected chi connectivity index (χ1v) is 12.8.